The fourth-order valence-corrected chi connectivity index (χ4v) is 2.36. The molecule has 1 aromatic rings. The summed E-state index contributed by atoms with van der Waals surface area (Å²) < 4.78 is 23.9. The lowest BCUT2D eigenvalue weighted by Crippen LogP contribution is -2.38. The quantitative estimate of drug-likeness (QED) is 0.555. The molecule has 0 aromatic heterocycles. The van der Waals surface area contributed by atoms with E-state index in [2.05, 4.69) is 15.2 Å². The third-order valence-corrected chi connectivity index (χ3v) is 3.61. The van der Waals surface area contributed by atoms with Gasteiger partial charge in [0.25, 0.3) is 0 Å². The van der Waals surface area contributed by atoms with Crippen LogP contribution < -0.4 is 10.0 Å². The highest BCUT2D eigenvalue weighted by atomic mass is 35.5. The van der Waals surface area contributed by atoms with Crippen LogP contribution >= 0.6 is 23.2 Å². The molecule has 0 saturated carbocycles. The Morgan fingerprint density at radius 3 is 2.55 bits per heavy atom. The van der Waals surface area contributed by atoms with E-state index in [1.165, 1.54) is 13.2 Å². The van der Waals surface area contributed by atoms with Gasteiger partial charge in [-0.05, 0) is 18.2 Å². The van der Waals surface area contributed by atoms with E-state index in [1.807, 2.05) is 0 Å². The normalized spacial score (nSPS) is 12.1. The number of hydrogen-bond acceptors (Lipinski definition) is 5. The molecular weight excluding hydrogens is 353 g/mol. The maximum absolute atomic E-state index is 11.6. The molecular formula is C12H15Cl2N3O4S. The van der Waals surface area contributed by atoms with Crippen LogP contribution in [0.15, 0.2) is 23.4 Å². The molecule has 0 unspecified atom stereocenters. The molecule has 122 valence electrons. The molecule has 0 radical (unpaired) electrons. The molecule has 0 spiro atoms. The third kappa shape index (κ3) is 6.61. The number of benzene rings is 1. The van der Waals surface area contributed by atoms with E-state index in [9.17, 15) is 13.2 Å². The molecule has 0 aliphatic carbocycles. The van der Waals surface area contributed by atoms with Crippen LogP contribution in [0, 0.1) is 0 Å². The van der Waals surface area contributed by atoms with E-state index in [4.69, 9.17) is 28.0 Å². The molecule has 1 aromatic carbocycles. The van der Waals surface area contributed by atoms with Crippen LogP contribution in [0.4, 0.5) is 0 Å². The number of hydrogen-bond donors (Lipinski definition) is 2. The Balaban J connectivity index is 2.74. The van der Waals surface area contributed by atoms with Gasteiger partial charge >= 0.3 is 0 Å². The summed E-state index contributed by atoms with van der Waals surface area (Å²) in [5.41, 5.74) is 0.918. The van der Waals surface area contributed by atoms with E-state index < -0.39 is 15.9 Å². The van der Waals surface area contributed by atoms with E-state index in [0.717, 1.165) is 6.26 Å². The van der Waals surface area contributed by atoms with Gasteiger partial charge in [-0.3, -0.25) is 4.79 Å². The van der Waals surface area contributed by atoms with Crippen molar-refractivity contribution in [3.05, 3.63) is 33.8 Å². The minimum absolute atomic E-state index is 0.0134. The second-order valence-electron chi connectivity index (χ2n) is 4.21. The molecule has 10 heteroatoms. The second kappa shape index (κ2) is 8.33. The second-order valence-corrected chi connectivity index (χ2v) is 6.89. The number of carbonyl (C=O) groups excluding carboxylic acids is 1. The molecule has 1 rings (SSSR count). The van der Waals surface area contributed by atoms with Crippen LogP contribution in [-0.2, 0) is 19.7 Å². The van der Waals surface area contributed by atoms with Crippen molar-refractivity contribution < 1.29 is 18.0 Å². The van der Waals surface area contributed by atoms with Crippen molar-refractivity contribution in [1.29, 1.82) is 0 Å². The minimum Gasteiger partial charge on any atom is -0.399 e. The molecule has 0 heterocycles. The van der Waals surface area contributed by atoms with E-state index in [0.29, 0.717) is 21.3 Å². The van der Waals surface area contributed by atoms with Crippen molar-refractivity contribution in [2.75, 3.05) is 26.5 Å². The Kier molecular flexibility index (Phi) is 7.08. The molecule has 0 atom stereocenters. The monoisotopic (exact) mass is 367 g/mol. The molecule has 0 fully saturated rings. The molecule has 0 aliphatic rings. The molecule has 0 saturated heterocycles. The van der Waals surface area contributed by atoms with Crippen molar-refractivity contribution in [3.8, 4) is 0 Å². The summed E-state index contributed by atoms with van der Waals surface area (Å²) in [5.74, 6) is -0.515. The lowest BCUT2D eigenvalue weighted by molar-refractivity contribution is -0.119. The average molecular weight is 368 g/mol. The highest BCUT2D eigenvalue weighted by Gasteiger charge is 2.12. The average Bonchev–Trinajstić information content (AvgIpc) is 2.41. The van der Waals surface area contributed by atoms with Crippen LogP contribution in [-0.4, -0.2) is 46.5 Å². The SMILES string of the molecule is CON=C(CNC(=O)CNS(C)(=O)=O)c1ccc(Cl)cc1Cl. The molecule has 0 bridgehead atoms. The van der Waals surface area contributed by atoms with Crippen molar-refractivity contribution >= 4 is 44.8 Å². The minimum atomic E-state index is -3.43. The fraction of sp³-hybridized carbons (Fsp3) is 0.333. The largest absolute Gasteiger partial charge is 0.399 e. The number of carbonyl (C=O) groups is 1. The van der Waals surface area contributed by atoms with Crippen molar-refractivity contribution in [2.45, 2.75) is 0 Å². The van der Waals surface area contributed by atoms with E-state index in [-0.39, 0.29) is 13.1 Å². The first-order valence-corrected chi connectivity index (χ1v) is 8.64. The van der Waals surface area contributed by atoms with Crippen LogP contribution in [0.25, 0.3) is 0 Å². The topological polar surface area (TPSA) is 96.9 Å². The maximum atomic E-state index is 11.6. The predicted molar refractivity (Wildman–Crippen MR) is 85.9 cm³/mol. The predicted octanol–water partition coefficient (Wildman–Crippen LogP) is 1.01. The maximum Gasteiger partial charge on any atom is 0.235 e. The molecule has 22 heavy (non-hydrogen) atoms. The summed E-state index contributed by atoms with van der Waals surface area (Å²) in [4.78, 5) is 16.3. The van der Waals surface area contributed by atoms with Crippen molar-refractivity contribution in [1.82, 2.24) is 10.0 Å². The Hall–Kier alpha value is -1.35. The highest BCUT2D eigenvalue weighted by molar-refractivity contribution is 7.88. The zero-order valence-corrected chi connectivity index (χ0v) is 14.2. The van der Waals surface area contributed by atoms with Gasteiger partial charge < -0.3 is 10.2 Å². The Bertz CT molecular complexity index is 677. The van der Waals surface area contributed by atoms with Gasteiger partial charge in [0, 0.05) is 10.6 Å². The number of nitrogens with zero attached hydrogens (tertiary/aromatic N) is 1. The Morgan fingerprint density at radius 2 is 2.00 bits per heavy atom. The first kappa shape index (κ1) is 18.7. The van der Waals surface area contributed by atoms with E-state index in [1.54, 1.807) is 12.1 Å². The van der Waals surface area contributed by atoms with Gasteiger partial charge in [-0.15, -0.1) is 0 Å². The lowest BCUT2D eigenvalue weighted by Gasteiger charge is -2.10. The summed E-state index contributed by atoms with van der Waals surface area (Å²) in [6.45, 7) is -0.354. The molecule has 0 aliphatic heterocycles. The number of amides is 1. The number of sulfonamides is 1. The van der Waals surface area contributed by atoms with Gasteiger partial charge in [-0.2, -0.15) is 0 Å². The van der Waals surface area contributed by atoms with Crippen LogP contribution in [0.3, 0.4) is 0 Å². The van der Waals surface area contributed by atoms with Crippen molar-refractivity contribution in [2.24, 2.45) is 5.16 Å². The summed E-state index contributed by atoms with van der Waals surface area (Å²) in [5, 5.41) is 7.13. The zero-order valence-electron chi connectivity index (χ0n) is 11.9. The van der Waals surface area contributed by atoms with Crippen LogP contribution in [0.2, 0.25) is 10.0 Å². The van der Waals surface area contributed by atoms with Gasteiger partial charge in [0.2, 0.25) is 15.9 Å². The van der Waals surface area contributed by atoms with Gasteiger partial charge in [0.1, 0.15) is 12.8 Å². The summed E-state index contributed by atoms with van der Waals surface area (Å²) in [6, 6.07) is 4.81. The highest BCUT2D eigenvalue weighted by Crippen LogP contribution is 2.21. The molecule has 1 amide bonds. The summed E-state index contributed by atoms with van der Waals surface area (Å²) in [6.07, 6.45) is 0.964. The smallest absolute Gasteiger partial charge is 0.235 e. The summed E-state index contributed by atoms with van der Waals surface area (Å²) in [7, 11) is -2.08. The van der Waals surface area contributed by atoms with Crippen LogP contribution in [0.5, 0.6) is 0 Å². The summed E-state index contributed by atoms with van der Waals surface area (Å²) >= 11 is 11.9. The fourth-order valence-electron chi connectivity index (χ4n) is 1.45. The Labute approximate surface area is 138 Å². The third-order valence-electron chi connectivity index (χ3n) is 2.39. The van der Waals surface area contributed by atoms with Crippen molar-refractivity contribution in [3.63, 3.8) is 0 Å². The number of nitrogens with one attached hydrogen (secondary N) is 2. The van der Waals surface area contributed by atoms with Gasteiger partial charge in [-0.1, -0.05) is 28.4 Å². The molecule has 7 nitrogen and oxygen atoms in total. The number of rotatable bonds is 7. The molecule has 2 N–H and O–H groups in total. The lowest BCUT2D eigenvalue weighted by atomic mass is 10.1. The zero-order chi connectivity index (χ0) is 16.8. The number of oxime groups is 1. The van der Waals surface area contributed by atoms with Gasteiger partial charge in [-0.25, -0.2) is 13.1 Å². The van der Waals surface area contributed by atoms with Crippen LogP contribution in [0.1, 0.15) is 5.56 Å². The van der Waals surface area contributed by atoms with E-state index >= 15 is 0 Å². The number of halogens is 2. The first-order valence-electron chi connectivity index (χ1n) is 5.99. The van der Waals surface area contributed by atoms with Gasteiger partial charge in [0.05, 0.1) is 24.4 Å². The Morgan fingerprint density at radius 1 is 1.32 bits per heavy atom. The van der Waals surface area contributed by atoms with Gasteiger partial charge in [0.15, 0.2) is 0 Å². The first-order chi connectivity index (χ1) is 10.2. The standard InChI is InChI=1S/C12H15Cl2N3O4S/c1-21-17-11(9-4-3-8(13)5-10(9)14)6-15-12(18)7-16-22(2,19)20/h3-5,16H,6-7H2,1-2H3,(H,15,18).